The van der Waals surface area contributed by atoms with Crippen LogP contribution in [0.2, 0.25) is 0 Å². The molecule has 4 N–H and O–H groups in total. The first-order valence-electron chi connectivity index (χ1n) is 6.41. The van der Waals surface area contributed by atoms with Gasteiger partial charge in [0.1, 0.15) is 0 Å². The van der Waals surface area contributed by atoms with Crippen molar-refractivity contribution in [2.45, 2.75) is 0 Å². The number of para-hydroxylation sites is 1. The van der Waals surface area contributed by atoms with Crippen molar-refractivity contribution >= 4 is 33.2 Å². The van der Waals surface area contributed by atoms with Gasteiger partial charge in [-0.25, -0.2) is 4.98 Å². The molecule has 2 aromatic carbocycles. The third-order valence-electron chi connectivity index (χ3n) is 3.24. The first kappa shape index (κ1) is 12.7. The number of nitrogens with zero attached hydrogens (tertiary/aromatic N) is 1. The van der Waals surface area contributed by atoms with Crippen LogP contribution in [0.3, 0.4) is 0 Å². The quantitative estimate of drug-likeness (QED) is 0.432. The summed E-state index contributed by atoms with van der Waals surface area (Å²) in [6.07, 6.45) is 0. The SMILES string of the molecule is OCCNc1c2ccccc2nc2cccc(NO)c12. The Morgan fingerprint density at radius 1 is 1.00 bits per heavy atom. The molecule has 102 valence electrons. The lowest BCUT2D eigenvalue weighted by Crippen LogP contribution is -2.07. The van der Waals surface area contributed by atoms with Gasteiger partial charge < -0.3 is 10.4 Å². The topological polar surface area (TPSA) is 77.4 Å². The number of pyridine rings is 1. The Morgan fingerprint density at radius 3 is 2.60 bits per heavy atom. The van der Waals surface area contributed by atoms with E-state index in [1.165, 1.54) is 0 Å². The van der Waals surface area contributed by atoms with Crippen LogP contribution in [-0.2, 0) is 0 Å². The summed E-state index contributed by atoms with van der Waals surface area (Å²) < 4.78 is 0. The summed E-state index contributed by atoms with van der Waals surface area (Å²) in [4.78, 5) is 4.60. The number of fused-ring (bicyclic) bond motifs is 2. The molecule has 0 saturated heterocycles. The summed E-state index contributed by atoms with van der Waals surface area (Å²) in [6, 6.07) is 13.3. The van der Waals surface area contributed by atoms with Crippen LogP contribution in [0, 0.1) is 0 Å². The molecule has 3 aromatic rings. The van der Waals surface area contributed by atoms with Crippen LogP contribution in [0.25, 0.3) is 21.8 Å². The van der Waals surface area contributed by atoms with Crippen molar-refractivity contribution in [2.24, 2.45) is 0 Å². The standard InChI is InChI=1S/C15H15N3O2/c19-9-8-16-15-10-4-1-2-5-11(10)17-12-6-3-7-13(18-20)14(12)15/h1-7,18-20H,8-9H2,(H,16,17). The Kier molecular flexibility index (Phi) is 3.37. The monoisotopic (exact) mass is 269 g/mol. The van der Waals surface area contributed by atoms with E-state index in [0.717, 1.165) is 27.5 Å². The molecule has 0 atom stereocenters. The molecule has 0 unspecified atom stereocenters. The summed E-state index contributed by atoms with van der Waals surface area (Å²) in [6.45, 7) is 0.468. The second-order valence-corrected chi connectivity index (χ2v) is 4.47. The maximum Gasteiger partial charge on any atom is 0.0752 e. The summed E-state index contributed by atoms with van der Waals surface area (Å²) in [5, 5.41) is 23.3. The highest BCUT2D eigenvalue weighted by Crippen LogP contribution is 2.35. The van der Waals surface area contributed by atoms with E-state index in [-0.39, 0.29) is 6.61 Å². The van der Waals surface area contributed by atoms with Gasteiger partial charge in [-0.1, -0.05) is 24.3 Å². The highest BCUT2D eigenvalue weighted by Gasteiger charge is 2.11. The molecule has 1 aromatic heterocycles. The van der Waals surface area contributed by atoms with E-state index < -0.39 is 0 Å². The Balaban J connectivity index is 2.39. The molecule has 20 heavy (non-hydrogen) atoms. The van der Waals surface area contributed by atoms with Gasteiger partial charge >= 0.3 is 0 Å². The smallest absolute Gasteiger partial charge is 0.0752 e. The van der Waals surface area contributed by atoms with Gasteiger partial charge in [0, 0.05) is 17.3 Å². The molecule has 0 aliphatic rings. The first-order valence-corrected chi connectivity index (χ1v) is 6.41. The summed E-state index contributed by atoms with van der Waals surface area (Å²) in [5.41, 5.74) is 5.30. The molecular formula is C15H15N3O2. The van der Waals surface area contributed by atoms with Gasteiger partial charge in [0.05, 0.1) is 29.0 Å². The maximum absolute atomic E-state index is 9.30. The lowest BCUT2D eigenvalue weighted by molar-refractivity contribution is 0.311. The summed E-state index contributed by atoms with van der Waals surface area (Å²) in [7, 11) is 0. The van der Waals surface area contributed by atoms with Crippen molar-refractivity contribution in [1.29, 1.82) is 0 Å². The predicted molar refractivity (Wildman–Crippen MR) is 80.2 cm³/mol. The van der Waals surface area contributed by atoms with Crippen LogP contribution in [0.4, 0.5) is 11.4 Å². The highest BCUT2D eigenvalue weighted by molar-refractivity contribution is 6.12. The predicted octanol–water partition coefficient (Wildman–Crippen LogP) is 2.59. The molecule has 0 spiro atoms. The Morgan fingerprint density at radius 2 is 1.80 bits per heavy atom. The lowest BCUT2D eigenvalue weighted by Gasteiger charge is -2.14. The molecule has 0 aliphatic heterocycles. The Hall–Kier alpha value is -2.37. The maximum atomic E-state index is 9.30. The van der Waals surface area contributed by atoms with Gasteiger partial charge in [0.15, 0.2) is 0 Å². The molecule has 5 heteroatoms. The van der Waals surface area contributed by atoms with Gasteiger partial charge in [-0.05, 0) is 18.2 Å². The van der Waals surface area contributed by atoms with E-state index in [1.54, 1.807) is 6.07 Å². The van der Waals surface area contributed by atoms with Crippen LogP contribution in [-0.4, -0.2) is 28.4 Å². The van der Waals surface area contributed by atoms with Crippen molar-refractivity contribution in [3.8, 4) is 0 Å². The van der Waals surface area contributed by atoms with E-state index >= 15 is 0 Å². The molecule has 0 bridgehead atoms. The van der Waals surface area contributed by atoms with Gasteiger partial charge in [-0.2, -0.15) is 0 Å². The zero-order valence-corrected chi connectivity index (χ0v) is 10.8. The minimum Gasteiger partial charge on any atom is -0.395 e. The van der Waals surface area contributed by atoms with Gasteiger partial charge in [0.2, 0.25) is 0 Å². The van der Waals surface area contributed by atoms with Crippen LogP contribution >= 0.6 is 0 Å². The van der Waals surface area contributed by atoms with Crippen molar-refractivity contribution < 1.29 is 10.3 Å². The van der Waals surface area contributed by atoms with Crippen LogP contribution in [0.15, 0.2) is 42.5 Å². The third-order valence-corrected chi connectivity index (χ3v) is 3.24. The fourth-order valence-electron chi connectivity index (χ4n) is 2.40. The molecule has 5 nitrogen and oxygen atoms in total. The first-order chi connectivity index (χ1) is 9.85. The average molecular weight is 269 g/mol. The van der Waals surface area contributed by atoms with Crippen LogP contribution in [0.5, 0.6) is 0 Å². The zero-order chi connectivity index (χ0) is 13.9. The normalized spacial score (nSPS) is 10.9. The lowest BCUT2D eigenvalue weighted by atomic mass is 10.1. The average Bonchev–Trinajstić information content (AvgIpc) is 2.50. The summed E-state index contributed by atoms with van der Waals surface area (Å²) >= 11 is 0. The highest BCUT2D eigenvalue weighted by atomic mass is 16.5. The van der Waals surface area contributed by atoms with Crippen LogP contribution in [0.1, 0.15) is 0 Å². The van der Waals surface area contributed by atoms with E-state index in [2.05, 4.69) is 15.8 Å². The third kappa shape index (κ3) is 2.03. The van der Waals surface area contributed by atoms with Gasteiger partial charge in [-0.15, -0.1) is 0 Å². The van der Waals surface area contributed by atoms with Crippen molar-refractivity contribution in [2.75, 3.05) is 23.9 Å². The number of aromatic nitrogens is 1. The molecule has 0 radical (unpaired) electrons. The fourth-order valence-corrected chi connectivity index (χ4v) is 2.40. The largest absolute Gasteiger partial charge is 0.395 e. The van der Waals surface area contributed by atoms with Gasteiger partial charge in [0.25, 0.3) is 0 Å². The Bertz CT molecular complexity index is 759. The number of anilines is 2. The van der Waals surface area contributed by atoms with Crippen molar-refractivity contribution in [3.05, 3.63) is 42.5 Å². The second-order valence-electron chi connectivity index (χ2n) is 4.47. The number of nitrogens with one attached hydrogen (secondary N) is 2. The minimum absolute atomic E-state index is 0.0346. The molecule has 0 fully saturated rings. The molecule has 1 heterocycles. The minimum atomic E-state index is 0.0346. The van der Waals surface area contributed by atoms with E-state index in [9.17, 15) is 5.21 Å². The van der Waals surface area contributed by atoms with E-state index in [4.69, 9.17) is 5.11 Å². The van der Waals surface area contributed by atoms with E-state index in [1.807, 2.05) is 36.4 Å². The molecule has 0 aliphatic carbocycles. The number of hydrogen-bond donors (Lipinski definition) is 4. The van der Waals surface area contributed by atoms with Crippen molar-refractivity contribution in [1.82, 2.24) is 4.98 Å². The fraction of sp³-hybridized carbons (Fsp3) is 0.133. The number of benzene rings is 2. The van der Waals surface area contributed by atoms with Gasteiger partial charge in [-0.3, -0.25) is 10.7 Å². The van der Waals surface area contributed by atoms with E-state index in [0.29, 0.717) is 12.2 Å². The second kappa shape index (κ2) is 5.32. The molecular weight excluding hydrogens is 254 g/mol. The number of hydrogen-bond acceptors (Lipinski definition) is 5. The molecule has 0 amide bonds. The number of aliphatic hydroxyl groups is 1. The van der Waals surface area contributed by atoms with Crippen LogP contribution < -0.4 is 10.8 Å². The molecule has 3 rings (SSSR count). The zero-order valence-electron chi connectivity index (χ0n) is 10.8. The number of rotatable bonds is 4. The van der Waals surface area contributed by atoms with Crippen molar-refractivity contribution in [3.63, 3.8) is 0 Å². The molecule has 0 saturated carbocycles. The Labute approximate surface area is 115 Å². The number of aliphatic hydroxyl groups excluding tert-OH is 1. The summed E-state index contributed by atoms with van der Waals surface area (Å²) in [5.74, 6) is 0.